The van der Waals surface area contributed by atoms with Crippen molar-refractivity contribution in [1.82, 2.24) is 0 Å². The van der Waals surface area contributed by atoms with Crippen LogP contribution in [0.5, 0.6) is 5.75 Å². The molecule has 0 amide bonds. The summed E-state index contributed by atoms with van der Waals surface area (Å²) in [6.07, 6.45) is 1.61. The molecule has 94 valence electrons. The maximum atomic E-state index is 11.5. The predicted octanol–water partition coefficient (Wildman–Crippen LogP) is 2.78. The summed E-state index contributed by atoms with van der Waals surface area (Å²) < 4.78 is 9.91. The molecule has 0 unspecified atom stereocenters. The molecular weight excluding hydrogens is 234 g/mol. The highest BCUT2D eigenvalue weighted by Gasteiger charge is 2.20. The van der Waals surface area contributed by atoms with Crippen molar-refractivity contribution in [2.75, 3.05) is 13.7 Å². The summed E-state index contributed by atoms with van der Waals surface area (Å²) in [6, 6.07) is 5.72. The maximum absolute atomic E-state index is 11.5. The summed E-state index contributed by atoms with van der Waals surface area (Å²) in [5.74, 6) is -0.0527. The standard InChI is InChI=1S/C12H13N3O3/c1-3-7-18-10-6-4-5-9(8-10)11(14-15-13)12(16)17-2/h3-6,8,11H,1,7H2,2H3/t11-/m1/s1. The van der Waals surface area contributed by atoms with Crippen LogP contribution in [-0.4, -0.2) is 19.7 Å². The van der Waals surface area contributed by atoms with Gasteiger partial charge in [-0.3, -0.25) is 4.79 Å². The molecule has 1 atom stereocenters. The molecule has 0 bridgehead atoms. The lowest BCUT2D eigenvalue weighted by Gasteiger charge is -2.10. The minimum atomic E-state index is -1.01. The van der Waals surface area contributed by atoms with Crippen LogP contribution in [0.1, 0.15) is 11.6 Å². The number of ether oxygens (including phenoxy) is 2. The van der Waals surface area contributed by atoms with Gasteiger partial charge < -0.3 is 9.47 Å². The van der Waals surface area contributed by atoms with E-state index < -0.39 is 12.0 Å². The van der Waals surface area contributed by atoms with Crippen LogP contribution in [0.3, 0.4) is 0 Å². The van der Waals surface area contributed by atoms with Gasteiger partial charge in [0.15, 0.2) is 6.04 Å². The van der Waals surface area contributed by atoms with E-state index in [0.717, 1.165) is 0 Å². The fourth-order valence-electron chi connectivity index (χ4n) is 1.34. The quantitative estimate of drug-likeness (QED) is 0.255. The molecule has 6 nitrogen and oxygen atoms in total. The van der Waals surface area contributed by atoms with Crippen LogP contribution in [0.15, 0.2) is 42.0 Å². The van der Waals surface area contributed by atoms with Crippen LogP contribution >= 0.6 is 0 Å². The molecule has 0 aliphatic rings. The van der Waals surface area contributed by atoms with Crippen molar-refractivity contribution in [3.8, 4) is 5.75 Å². The smallest absolute Gasteiger partial charge is 0.319 e. The van der Waals surface area contributed by atoms with Gasteiger partial charge in [-0.05, 0) is 23.2 Å². The van der Waals surface area contributed by atoms with E-state index in [1.54, 1.807) is 30.3 Å². The van der Waals surface area contributed by atoms with Gasteiger partial charge in [-0.15, -0.1) is 0 Å². The van der Waals surface area contributed by atoms with Crippen LogP contribution in [0.25, 0.3) is 10.4 Å². The summed E-state index contributed by atoms with van der Waals surface area (Å²) in [6.45, 7) is 3.89. The van der Waals surface area contributed by atoms with E-state index >= 15 is 0 Å². The van der Waals surface area contributed by atoms with Crippen molar-refractivity contribution in [2.24, 2.45) is 5.11 Å². The van der Waals surface area contributed by atoms with Gasteiger partial charge in [-0.1, -0.05) is 29.9 Å². The zero-order chi connectivity index (χ0) is 13.4. The van der Waals surface area contributed by atoms with Gasteiger partial charge in [-0.25, -0.2) is 0 Å². The van der Waals surface area contributed by atoms with Gasteiger partial charge >= 0.3 is 5.97 Å². The Morgan fingerprint density at radius 2 is 2.44 bits per heavy atom. The maximum Gasteiger partial charge on any atom is 0.319 e. The van der Waals surface area contributed by atoms with Gasteiger partial charge in [-0.2, -0.15) is 0 Å². The van der Waals surface area contributed by atoms with Gasteiger partial charge in [0.25, 0.3) is 0 Å². The van der Waals surface area contributed by atoms with Crippen LogP contribution in [0.2, 0.25) is 0 Å². The van der Waals surface area contributed by atoms with E-state index in [1.165, 1.54) is 7.11 Å². The Bertz CT molecular complexity index is 481. The molecule has 0 aliphatic carbocycles. The molecule has 0 N–H and O–H groups in total. The first-order valence-electron chi connectivity index (χ1n) is 5.18. The Labute approximate surface area is 104 Å². The van der Waals surface area contributed by atoms with Crippen LogP contribution < -0.4 is 4.74 Å². The third-order valence-corrected chi connectivity index (χ3v) is 2.13. The Kier molecular flexibility index (Phi) is 5.28. The molecule has 0 saturated carbocycles. The summed E-state index contributed by atoms with van der Waals surface area (Å²) in [5.41, 5.74) is 8.97. The third kappa shape index (κ3) is 3.54. The van der Waals surface area contributed by atoms with Gasteiger partial charge in [0.1, 0.15) is 12.4 Å². The van der Waals surface area contributed by atoms with Crippen molar-refractivity contribution in [1.29, 1.82) is 0 Å². The van der Waals surface area contributed by atoms with Crippen LogP contribution in [-0.2, 0) is 9.53 Å². The van der Waals surface area contributed by atoms with E-state index in [1.807, 2.05) is 0 Å². The van der Waals surface area contributed by atoms with Gasteiger partial charge in [0, 0.05) is 4.91 Å². The fourth-order valence-corrected chi connectivity index (χ4v) is 1.34. The molecular formula is C12H13N3O3. The number of hydrogen-bond donors (Lipinski definition) is 0. The summed E-state index contributed by atoms with van der Waals surface area (Å²) >= 11 is 0. The lowest BCUT2D eigenvalue weighted by Crippen LogP contribution is -2.11. The number of methoxy groups -OCH3 is 1. The number of nitrogens with zero attached hydrogens (tertiary/aromatic N) is 3. The SMILES string of the molecule is C=CCOc1cccc([C@@H](N=[N+]=[N-])C(=O)OC)c1. The number of carbonyl (C=O) groups excluding carboxylic acids is 1. The largest absolute Gasteiger partial charge is 0.490 e. The second-order valence-electron chi connectivity index (χ2n) is 3.30. The molecule has 6 heteroatoms. The summed E-state index contributed by atoms with van der Waals surface area (Å²) in [7, 11) is 1.24. The average molecular weight is 247 g/mol. The zero-order valence-corrected chi connectivity index (χ0v) is 9.94. The number of rotatable bonds is 6. The van der Waals surface area contributed by atoms with E-state index in [2.05, 4.69) is 21.3 Å². The topological polar surface area (TPSA) is 84.3 Å². The van der Waals surface area contributed by atoms with E-state index in [4.69, 9.17) is 10.3 Å². The Morgan fingerprint density at radius 3 is 3.06 bits per heavy atom. The lowest BCUT2D eigenvalue weighted by atomic mass is 10.1. The third-order valence-electron chi connectivity index (χ3n) is 2.13. The molecule has 1 rings (SSSR count). The van der Waals surface area contributed by atoms with Crippen molar-refractivity contribution in [3.63, 3.8) is 0 Å². The predicted molar refractivity (Wildman–Crippen MR) is 66.0 cm³/mol. The van der Waals surface area contributed by atoms with E-state index in [-0.39, 0.29) is 0 Å². The van der Waals surface area contributed by atoms with Crippen molar-refractivity contribution < 1.29 is 14.3 Å². The molecule has 1 aromatic carbocycles. The number of carbonyl (C=O) groups is 1. The normalized spacial score (nSPS) is 10.9. The monoisotopic (exact) mass is 247 g/mol. The van der Waals surface area contributed by atoms with Crippen LogP contribution in [0.4, 0.5) is 0 Å². The molecule has 0 spiro atoms. The van der Waals surface area contributed by atoms with Gasteiger partial charge in [0.2, 0.25) is 0 Å². The molecule has 1 aromatic rings. The van der Waals surface area contributed by atoms with Gasteiger partial charge in [0.05, 0.1) is 7.11 Å². The summed E-state index contributed by atoms with van der Waals surface area (Å²) in [5, 5.41) is 3.42. The van der Waals surface area contributed by atoms with Crippen molar-refractivity contribution in [3.05, 3.63) is 52.9 Å². The van der Waals surface area contributed by atoms with E-state index in [9.17, 15) is 4.79 Å². The van der Waals surface area contributed by atoms with Crippen LogP contribution in [0, 0.1) is 0 Å². The minimum absolute atomic E-state index is 0.355. The first kappa shape index (κ1) is 13.6. The highest BCUT2D eigenvalue weighted by atomic mass is 16.5. The molecule has 0 aromatic heterocycles. The summed E-state index contributed by atoms with van der Waals surface area (Å²) in [4.78, 5) is 14.1. The fraction of sp³-hybridized carbons (Fsp3) is 0.250. The minimum Gasteiger partial charge on any atom is -0.490 e. The molecule has 0 saturated heterocycles. The van der Waals surface area contributed by atoms with E-state index in [0.29, 0.717) is 17.9 Å². The number of benzene rings is 1. The number of azide groups is 1. The molecule has 0 heterocycles. The number of hydrogen-bond acceptors (Lipinski definition) is 4. The second kappa shape index (κ2) is 6.98. The second-order valence-corrected chi connectivity index (χ2v) is 3.30. The molecule has 18 heavy (non-hydrogen) atoms. The number of esters is 1. The zero-order valence-electron chi connectivity index (χ0n) is 9.94. The Morgan fingerprint density at radius 1 is 1.67 bits per heavy atom. The highest BCUT2D eigenvalue weighted by Crippen LogP contribution is 2.23. The van der Waals surface area contributed by atoms with Crippen molar-refractivity contribution in [2.45, 2.75) is 6.04 Å². The molecule has 0 fully saturated rings. The average Bonchev–Trinajstić information content (AvgIpc) is 2.42. The Balaban J connectivity index is 3.01. The van der Waals surface area contributed by atoms with Crippen molar-refractivity contribution >= 4 is 5.97 Å². The Hall–Kier alpha value is -2.46. The molecule has 0 aliphatic heterocycles. The first-order chi connectivity index (χ1) is 8.72. The lowest BCUT2D eigenvalue weighted by molar-refractivity contribution is -0.142. The highest BCUT2D eigenvalue weighted by molar-refractivity contribution is 5.77. The first-order valence-corrected chi connectivity index (χ1v) is 5.18. The molecule has 0 radical (unpaired) electrons.